The number of imidazole rings is 1. The minimum atomic E-state index is -0.626. The highest BCUT2D eigenvalue weighted by Gasteiger charge is 2.16. The molecule has 0 aliphatic rings. The summed E-state index contributed by atoms with van der Waals surface area (Å²) in [5.74, 6) is 0.148. The molecule has 6 heteroatoms. The molecule has 6 nitrogen and oxygen atoms in total. The van der Waals surface area contributed by atoms with Gasteiger partial charge in [0.25, 0.3) is 0 Å². The van der Waals surface area contributed by atoms with Crippen LogP contribution in [0.25, 0.3) is 10.9 Å². The molecule has 2 aromatic heterocycles. The number of para-hydroxylation sites is 1. The molecule has 3 aromatic rings. The van der Waals surface area contributed by atoms with Crippen molar-refractivity contribution in [1.82, 2.24) is 15.0 Å². The van der Waals surface area contributed by atoms with Crippen molar-refractivity contribution in [2.75, 3.05) is 5.32 Å². The Bertz CT molecular complexity index is 716. The molecular formula is C14H15N5O. The number of hydrogen-bond acceptors (Lipinski definition) is 3. The number of benzene rings is 1. The lowest BCUT2D eigenvalue weighted by molar-refractivity contribution is -0.117. The fourth-order valence-electron chi connectivity index (χ4n) is 2.17. The molecule has 1 amide bonds. The van der Waals surface area contributed by atoms with Crippen LogP contribution >= 0.6 is 0 Å². The maximum absolute atomic E-state index is 12.0. The van der Waals surface area contributed by atoms with E-state index in [4.69, 9.17) is 5.73 Å². The molecule has 0 saturated heterocycles. The number of nitrogens with two attached hydrogens (primary N) is 1. The largest absolute Gasteiger partial charge is 0.361 e. The van der Waals surface area contributed by atoms with Gasteiger partial charge in [-0.15, -0.1) is 0 Å². The average Bonchev–Trinajstić information content (AvgIpc) is 3.09. The number of carbonyl (C=O) groups excluding carboxylic acids is 1. The Hall–Kier alpha value is -2.60. The Morgan fingerprint density at radius 2 is 2.20 bits per heavy atom. The Morgan fingerprint density at radius 1 is 1.35 bits per heavy atom. The molecule has 0 fully saturated rings. The summed E-state index contributed by atoms with van der Waals surface area (Å²) >= 11 is 0. The Labute approximate surface area is 115 Å². The second-order valence-electron chi connectivity index (χ2n) is 4.60. The molecule has 0 spiro atoms. The van der Waals surface area contributed by atoms with Crippen molar-refractivity contribution in [2.45, 2.75) is 12.5 Å². The van der Waals surface area contributed by atoms with E-state index in [0.29, 0.717) is 12.4 Å². The fraction of sp³-hybridized carbons (Fsp3) is 0.143. The van der Waals surface area contributed by atoms with Crippen LogP contribution in [0.3, 0.4) is 0 Å². The van der Waals surface area contributed by atoms with Gasteiger partial charge in [-0.3, -0.25) is 10.1 Å². The van der Waals surface area contributed by atoms with Crippen LogP contribution in [0.4, 0.5) is 5.95 Å². The van der Waals surface area contributed by atoms with Crippen LogP contribution in [-0.2, 0) is 11.2 Å². The maximum Gasteiger partial charge on any atom is 0.243 e. The van der Waals surface area contributed by atoms with Gasteiger partial charge in [-0.1, -0.05) is 18.2 Å². The molecule has 1 aromatic carbocycles. The molecular weight excluding hydrogens is 254 g/mol. The van der Waals surface area contributed by atoms with Gasteiger partial charge in [0.1, 0.15) is 0 Å². The maximum atomic E-state index is 12.0. The van der Waals surface area contributed by atoms with Crippen LogP contribution in [0.15, 0.2) is 42.9 Å². The van der Waals surface area contributed by atoms with Crippen molar-refractivity contribution in [3.8, 4) is 0 Å². The molecule has 102 valence electrons. The van der Waals surface area contributed by atoms with E-state index in [0.717, 1.165) is 16.5 Å². The Balaban J connectivity index is 1.72. The number of anilines is 1. The van der Waals surface area contributed by atoms with E-state index in [-0.39, 0.29) is 5.91 Å². The quantitative estimate of drug-likeness (QED) is 0.576. The van der Waals surface area contributed by atoms with Crippen LogP contribution in [-0.4, -0.2) is 26.9 Å². The number of rotatable bonds is 4. The number of carbonyl (C=O) groups is 1. The molecule has 1 atom stereocenters. The third-order valence-corrected chi connectivity index (χ3v) is 3.19. The summed E-state index contributed by atoms with van der Waals surface area (Å²) in [6.07, 6.45) is 5.57. The third kappa shape index (κ3) is 2.41. The van der Waals surface area contributed by atoms with Gasteiger partial charge in [0.15, 0.2) is 0 Å². The van der Waals surface area contributed by atoms with Crippen LogP contribution in [0.2, 0.25) is 0 Å². The van der Waals surface area contributed by atoms with E-state index in [1.54, 1.807) is 12.4 Å². The second-order valence-corrected chi connectivity index (χ2v) is 4.60. The van der Waals surface area contributed by atoms with Crippen LogP contribution < -0.4 is 11.1 Å². The van der Waals surface area contributed by atoms with Crippen molar-refractivity contribution in [3.63, 3.8) is 0 Å². The third-order valence-electron chi connectivity index (χ3n) is 3.19. The standard InChI is InChI=1S/C14H15N5O/c15-11(13(20)19-14-16-5-6-17-14)7-9-8-18-12-4-2-1-3-10(9)12/h1-6,8,11,18H,7,15H2,(H2,16,17,19,20)/t11-/m0/s1. The Kier molecular flexibility index (Phi) is 3.22. The molecule has 0 saturated carbocycles. The minimum Gasteiger partial charge on any atom is -0.361 e. The van der Waals surface area contributed by atoms with E-state index in [1.165, 1.54) is 0 Å². The lowest BCUT2D eigenvalue weighted by Gasteiger charge is -2.10. The topological polar surface area (TPSA) is 99.6 Å². The number of nitrogens with zero attached hydrogens (tertiary/aromatic N) is 1. The highest BCUT2D eigenvalue weighted by molar-refractivity contribution is 5.94. The van der Waals surface area contributed by atoms with Gasteiger partial charge in [0, 0.05) is 29.5 Å². The fourth-order valence-corrected chi connectivity index (χ4v) is 2.17. The molecule has 0 aliphatic heterocycles. The SMILES string of the molecule is N[C@@H](Cc1c[nH]c2ccccc12)C(=O)Nc1ncc[nH]1. The van der Waals surface area contributed by atoms with Crippen LogP contribution in [0.1, 0.15) is 5.56 Å². The van der Waals surface area contributed by atoms with Gasteiger partial charge in [-0.2, -0.15) is 0 Å². The van der Waals surface area contributed by atoms with Gasteiger partial charge in [0.05, 0.1) is 6.04 Å². The zero-order valence-corrected chi connectivity index (χ0v) is 10.8. The summed E-state index contributed by atoms with van der Waals surface area (Å²) in [4.78, 5) is 21.9. The van der Waals surface area contributed by atoms with Gasteiger partial charge < -0.3 is 15.7 Å². The van der Waals surface area contributed by atoms with Gasteiger partial charge >= 0.3 is 0 Å². The molecule has 20 heavy (non-hydrogen) atoms. The van der Waals surface area contributed by atoms with E-state index in [9.17, 15) is 4.79 Å². The summed E-state index contributed by atoms with van der Waals surface area (Å²) in [6.45, 7) is 0. The monoisotopic (exact) mass is 269 g/mol. The number of aromatic amines is 2. The highest BCUT2D eigenvalue weighted by atomic mass is 16.2. The first kappa shape index (κ1) is 12.4. The van der Waals surface area contributed by atoms with Crippen molar-refractivity contribution < 1.29 is 4.79 Å². The Morgan fingerprint density at radius 3 is 3.00 bits per heavy atom. The number of H-pyrrole nitrogens is 2. The molecule has 5 N–H and O–H groups in total. The van der Waals surface area contributed by atoms with E-state index in [1.807, 2.05) is 30.5 Å². The number of nitrogens with one attached hydrogen (secondary N) is 3. The van der Waals surface area contributed by atoms with Crippen LogP contribution in [0, 0.1) is 0 Å². The van der Waals surface area contributed by atoms with E-state index in [2.05, 4.69) is 20.3 Å². The number of amides is 1. The first-order valence-corrected chi connectivity index (χ1v) is 6.35. The summed E-state index contributed by atoms with van der Waals surface area (Å²) in [6, 6.07) is 7.31. The van der Waals surface area contributed by atoms with Crippen molar-refractivity contribution in [2.24, 2.45) is 5.73 Å². The van der Waals surface area contributed by atoms with Gasteiger partial charge in [-0.05, 0) is 18.1 Å². The van der Waals surface area contributed by atoms with Crippen molar-refractivity contribution >= 4 is 22.8 Å². The van der Waals surface area contributed by atoms with E-state index >= 15 is 0 Å². The molecule has 2 heterocycles. The summed E-state index contributed by atoms with van der Waals surface area (Å²) in [5, 5.41) is 3.73. The second kappa shape index (κ2) is 5.18. The minimum absolute atomic E-state index is 0.259. The van der Waals surface area contributed by atoms with Crippen molar-refractivity contribution in [1.29, 1.82) is 0 Å². The number of hydrogen-bond donors (Lipinski definition) is 4. The van der Waals surface area contributed by atoms with Gasteiger partial charge in [-0.25, -0.2) is 4.98 Å². The van der Waals surface area contributed by atoms with E-state index < -0.39 is 6.04 Å². The molecule has 3 rings (SSSR count). The first-order valence-electron chi connectivity index (χ1n) is 6.35. The summed E-state index contributed by atoms with van der Waals surface area (Å²) in [7, 11) is 0. The summed E-state index contributed by atoms with van der Waals surface area (Å²) < 4.78 is 0. The molecule has 0 unspecified atom stereocenters. The predicted octanol–water partition coefficient (Wildman–Crippen LogP) is 1.40. The lowest BCUT2D eigenvalue weighted by atomic mass is 10.1. The zero-order valence-electron chi connectivity index (χ0n) is 10.8. The first-order chi connectivity index (χ1) is 9.74. The number of aromatic nitrogens is 3. The zero-order chi connectivity index (χ0) is 13.9. The number of fused-ring (bicyclic) bond motifs is 1. The van der Waals surface area contributed by atoms with Gasteiger partial charge in [0.2, 0.25) is 11.9 Å². The van der Waals surface area contributed by atoms with Crippen LogP contribution in [0.5, 0.6) is 0 Å². The normalized spacial score (nSPS) is 12.4. The highest BCUT2D eigenvalue weighted by Crippen LogP contribution is 2.18. The molecule has 0 aliphatic carbocycles. The van der Waals surface area contributed by atoms with Crippen molar-refractivity contribution in [3.05, 3.63) is 48.4 Å². The molecule has 0 radical (unpaired) electrons. The smallest absolute Gasteiger partial charge is 0.243 e. The predicted molar refractivity (Wildman–Crippen MR) is 77.2 cm³/mol. The summed E-state index contributed by atoms with van der Waals surface area (Å²) in [5.41, 5.74) is 8.02. The lowest BCUT2D eigenvalue weighted by Crippen LogP contribution is -2.37. The molecule has 0 bridgehead atoms. The average molecular weight is 269 g/mol.